The third-order valence-electron chi connectivity index (χ3n) is 3.10. The van der Waals surface area contributed by atoms with Crippen molar-refractivity contribution in [3.63, 3.8) is 0 Å². The summed E-state index contributed by atoms with van der Waals surface area (Å²) in [6, 6.07) is 3.64. The van der Waals surface area contributed by atoms with Crippen LogP contribution in [0.2, 0.25) is 0 Å². The van der Waals surface area contributed by atoms with E-state index in [2.05, 4.69) is 15.6 Å². The van der Waals surface area contributed by atoms with Crippen LogP contribution in [0.4, 0.5) is 16.5 Å². The van der Waals surface area contributed by atoms with Crippen LogP contribution < -0.4 is 15.4 Å². The molecule has 0 fully saturated rings. The number of hydrogen-bond acceptors (Lipinski definition) is 7. The smallest absolute Gasteiger partial charge is 0.315 e. The molecule has 10 heteroatoms. The minimum Gasteiger partial charge on any atom is -0.494 e. The molecule has 0 aliphatic carbocycles. The molecule has 0 spiro atoms. The molecular weight excluding hydrogens is 336 g/mol. The molecule has 0 bridgehead atoms. The first kappa shape index (κ1) is 17.3. The maximum Gasteiger partial charge on any atom is 0.315 e. The number of carbonyl (C=O) groups is 2. The average molecular weight is 350 g/mol. The number of aromatic nitrogens is 1. The Morgan fingerprint density at radius 2 is 1.92 bits per heavy atom. The third-order valence-corrected chi connectivity index (χ3v) is 4.09. The number of nitro benzene ring substituents is 1. The van der Waals surface area contributed by atoms with E-state index >= 15 is 0 Å². The van der Waals surface area contributed by atoms with Crippen molar-refractivity contribution in [1.29, 1.82) is 0 Å². The van der Waals surface area contributed by atoms with Gasteiger partial charge in [-0.25, -0.2) is 4.98 Å². The van der Waals surface area contributed by atoms with Gasteiger partial charge in [0.1, 0.15) is 5.75 Å². The molecule has 0 aliphatic rings. The molecule has 0 saturated carbocycles. The van der Waals surface area contributed by atoms with Gasteiger partial charge in [-0.05, 0) is 19.9 Å². The number of anilines is 2. The van der Waals surface area contributed by atoms with Crippen molar-refractivity contribution < 1.29 is 19.2 Å². The number of ether oxygens (including phenoxy) is 1. The topological polar surface area (TPSA) is 123 Å². The van der Waals surface area contributed by atoms with E-state index < -0.39 is 16.7 Å². The zero-order valence-corrected chi connectivity index (χ0v) is 13.9. The van der Waals surface area contributed by atoms with E-state index in [-0.39, 0.29) is 17.1 Å². The van der Waals surface area contributed by atoms with Crippen molar-refractivity contribution in [3.8, 4) is 5.75 Å². The number of amides is 2. The number of thiazole rings is 1. The van der Waals surface area contributed by atoms with E-state index in [0.29, 0.717) is 5.13 Å². The molecule has 1 aromatic heterocycles. The van der Waals surface area contributed by atoms with E-state index in [1.165, 1.54) is 30.6 Å². The van der Waals surface area contributed by atoms with Crippen molar-refractivity contribution in [2.75, 3.05) is 17.7 Å². The number of hydrogen-bond donors (Lipinski definition) is 2. The Balaban J connectivity index is 2.11. The molecule has 2 aromatic rings. The summed E-state index contributed by atoms with van der Waals surface area (Å²) in [5, 5.41) is 15.8. The van der Waals surface area contributed by atoms with Crippen LogP contribution in [-0.4, -0.2) is 28.8 Å². The molecule has 24 heavy (non-hydrogen) atoms. The maximum atomic E-state index is 12.0. The van der Waals surface area contributed by atoms with Crippen LogP contribution in [0.15, 0.2) is 18.2 Å². The summed E-state index contributed by atoms with van der Waals surface area (Å²) < 4.78 is 4.99. The molecule has 0 radical (unpaired) electrons. The number of nitro groups is 1. The highest BCUT2D eigenvalue weighted by Crippen LogP contribution is 2.29. The Hall–Kier alpha value is -3.01. The monoisotopic (exact) mass is 350 g/mol. The van der Waals surface area contributed by atoms with Crippen molar-refractivity contribution >= 4 is 39.7 Å². The fraction of sp³-hybridized carbons (Fsp3) is 0.214. The molecule has 0 atom stereocenters. The summed E-state index contributed by atoms with van der Waals surface area (Å²) in [5.41, 5.74) is 0.727. The molecule has 0 unspecified atom stereocenters. The molecule has 1 aromatic carbocycles. The number of benzene rings is 1. The van der Waals surface area contributed by atoms with Gasteiger partial charge in [-0.1, -0.05) is 0 Å². The van der Waals surface area contributed by atoms with E-state index in [1.807, 2.05) is 6.92 Å². The molecule has 9 nitrogen and oxygen atoms in total. The number of aryl methyl sites for hydroxylation is 2. The lowest BCUT2D eigenvalue weighted by atomic mass is 10.2. The van der Waals surface area contributed by atoms with Gasteiger partial charge in [-0.3, -0.25) is 25.0 Å². The Kier molecular flexibility index (Phi) is 5.09. The Morgan fingerprint density at radius 1 is 1.25 bits per heavy atom. The van der Waals surface area contributed by atoms with Crippen LogP contribution in [0.1, 0.15) is 10.6 Å². The first-order valence-corrected chi connectivity index (χ1v) is 7.52. The van der Waals surface area contributed by atoms with E-state index in [0.717, 1.165) is 16.6 Å². The molecule has 2 N–H and O–H groups in total. The normalized spacial score (nSPS) is 10.1. The van der Waals surface area contributed by atoms with E-state index in [4.69, 9.17) is 4.74 Å². The van der Waals surface area contributed by atoms with Crippen LogP contribution in [0.25, 0.3) is 0 Å². The standard InChI is InChI=1S/C14H14N4O5S/c1-7-8(2)24-14(15-7)17-13(20)12(19)16-10-5-4-9(18(21)22)6-11(10)23-3/h4-6H,1-3H3,(H,16,19)(H,15,17,20). The third kappa shape index (κ3) is 3.84. The van der Waals surface area contributed by atoms with Crippen LogP contribution >= 0.6 is 11.3 Å². The molecule has 1 heterocycles. The summed E-state index contributed by atoms with van der Waals surface area (Å²) >= 11 is 1.26. The van der Waals surface area contributed by atoms with Gasteiger partial charge in [-0.2, -0.15) is 0 Å². The second-order valence-electron chi connectivity index (χ2n) is 4.71. The van der Waals surface area contributed by atoms with Gasteiger partial charge >= 0.3 is 11.8 Å². The number of methoxy groups -OCH3 is 1. The Morgan fingerprint density at radius 3 is 2.46 bits per heavy atom. The first-order valence-electron chi connectivity index (χ1n) is 6.70. The summed E-state index contributed by atoms with van der Waals surface area (Å²) in [4.78, 5) is 39.1. The Labute approximate surface area is 140 Å². The van der Waals surface area contributed by atoms with Crippen LogP contribution in [-0.2, 0) is 9.59 Å². The van der Waals surface area contributed by atoms with Gasteiger partial charge in [0.15, 0.2) is 5.13 Å². The fourth-order valence-electron chi connectivity index (χ4n) is 1.76. The number of rotatable bonds is 4. The highest BCUT2D eigenvalue weighted by atomic mass is 32.1. The molecule has 2 amide bonds. The van der Waals surface area contributed by atoms with Crippen LogP contribution in [0, 0.1) is 24.0 Å². The van der Waals surface area contributed by atoms with Crippen molar-refractivity contribution in [3.05, 3.63) is 38.9 Å². The van der Waals surface area contributed by atoms with Crippen LogP contribution in [0.5, 0.6) is 5.75 Å². The number of non-ortho nitro benzene ring substituents is 1. The van der Waals surface area contributed by atoms with Gasteiger partial charge in [0, 0.05) is 10.9 Å². The van der Waals surface area contributed by atoms with Gasteiger partial charge < -0.3 is 10.1 Å². The predicted molar refractivity (Wildman–Crippen MR) is 88.5 cm³/mol. The lowest BCUT2D eigenvalue weighted by Crippen LogP contribution is -2.29. The van der Waals surface area contributed by atoms with Gasteiger partial charge in [0.25, 0.3) is 5.69 Å². The lowest BCUT2D eigenvalue weighted by Gasteiger charge is -2.09. The molecular formula is C14H14N4O5S. The van der Waals surface area contributed by atoms with Crippen molar-refractivity contribution in [2.24, 2.45) is 0 Å². The SMILES string of the molecule is COc1cc([N+](=O)[O-])ccc1NC(=O)C(=O)Nc1nc(C)c(C)s1. The summed E-state index contributed by atoms with van der Waals surface area (Å²) in [5.74, 6) is -1.76. The molecule has 0 aliphatic heterocycles. The minimum absolute atomic E-state index is 0.0753. The summed E-state index contributed by atoms with van der Waals surface area (Å²) in [6.07, 6.45) is 0. The largest absolute Gasteiger partial charge is 0.494 e. The zero-order chi connectivity index (χ0) is 17.9. The van der Waals surface area contributed by atoms with Gasteiger partial charge in [-0.15, -0.1) is 11.3 Å². The van der Waals surface area contributed by atoms with E-state index in [9.17, 15) is 19.7 Å². The minimum atomic E-state index is -0.937. The van der Waals surface area contributed by atoms with Gasteiger partial charge in [0.05, 0.1) is 29.5 Å². The summed E-state index contributed by atoms with van der Waals surface area (Å²) in [6.45, 7) is 3.65. The molecule has 2 rings (SSSR count). The highest BCUT2D eigenvalue weighted by Gasteiger charge is 2.19. The molecule has 126 valence electrons. The van der Waals surface area contributed by atoms with E-state index in [1.54, 1.807) is 6.92 Å². The number of nitrogens with zero attached hydrogens (tertiary/aromatic N) is 2. The fourth-order valence-corrected chi connectivity index (χ4v) is 2.57. The second-order valence-corrected chi connectivity index (χ2v) is 5.91. The van der Waals surface area contributed by atoms with Crippen LogP contribution in [0.3, 0.4) is 0 Å². The lowest BCUT2D eigenvalue weighted by molar-refractivity contribution is -0.384. The first-order chi connectivity index (χ1) is 11.3. The van der Waals surface area contributed by atoms with Crippen molar-refractivity contribution in [2.45, 2.75) is 13.8 Å². The van der Waals surface area contributed by atoms with Gasteiger partial charge in [0.2, 0.25) is 0 Å². The second kappa shape index (κ2) is 7.04. The highest BCUT2D eigenvalue weighted by molar-refractivity contribution is 7.15. The zero-order valence-electron chi connectivity index (χ0n) is 13.1. The number of carbonyl (C=O) groups excluding carboxylic acids is 2. The quantitative estimate of drug-likeness (QED) is 0.495. The number of nitrogens with one attached hydrogen (secondary N) is 2. The Bertz CT molecular complexity index is 798. The predicted octanol–water partition coefficient (Wildman–Crippen LogP) is 2.25. The maximum absolute atomic E-state index is 12.0. The van der Waals surface area contributed by atoms with Crippen molar-refractivity contribution in [1.82, 2.24) is 4.98 Å². The average Bonchev–Trinajstić information content (AvgIpc) is 2.85. The summed E-state index contributed by atoms with van der Waals surface area (Å²) in [7, 11) is 1.30. The molecule has 0 saturated heterocycles.